The summed E-state index contributed by atoms with van der Waals surface area (Å²) in [4.78, 5) is 11.1. The summed E-state index contributed by atoms with van der Waals surface area (Å²) in [6.45, 7) is 0.324. The van der Waals surface area contributed by atoms with Crippen LogP contribution in [0.4, 0.5) is 0 Å². The average molecular weight is 239 g/mol. The highest BCUT2D eigenvalue weighted by Gasteiger charge is 2.67. The fourth-order valence-electron chi connectivity index (χ4n) is 2.78. The highest BCUT2D eigenvalue weighted by atomic mass is 35.5. The largest absolute Gasteiger partial charge is 0.481 e. The maximum atomic E-state index is 11.1. The molecule has 1 aromatic carbocycles. The van der Waals surface area contributed by atoms with Gasteiger partial charge in [-0.05, 0) is 30.5 Å². The van der Waals surface area contributed by atoms with Crippen molar-refractivity contribution >= 4 is 17.6 Å². The molecule has 0 unspecified atom stereocenters. The van der Waals surface area contributed by atoms with E-state index in [1.54, 1.807) is 0 Å². The van der Waals surface area contributed by atoms with Gasteiger partial charge in [0.25, 0.3) is 0 Å². The smallest absolute Gasteiger partial charge is 0.312 e. The summed E-state index contributed by atoms with van der Waals surface area (Å²) in [7, 11) is 0. The lowest BCUT2D eigenvalue weighted by Gasteiger charge is -2.42. The lowest BCUT2D eigenvalue weighted by atomic mass is 9.60. The van der Waals surface area contributed by atoms with Crippen molar-refractivity contribution in [3.8, 4) is 0 Å². The van der Waals surface area contributed by atoms with Crippen LogP contribution in [-0.2, 0) is 15.1 Å². The molecule has 2 bridgehead atoms. The second-order valence-corrected chi connectivity index (χ2v) is 5.17. The summed E-state index contributed by atoms with van der Waals surface area (Å²) in [6, 6.07) is 7.46. The number of ether oxygens (including phenoxy) is 1. The molecule has 0 aromatic heterocycles. The number of hydrogen-bond acceptors (Lipinski definition) is 2. The molecule has 4 heteroatoms. The van der Waals surface area contributed by atoms with Crippen molar-refractivity contribution < 1.29 is 14.6 Å². The molecule has 3 nitrogen and oxygen atoms in total. The number of benzene rings is 1. The van der Waals surface area contributed by atoms with Gasteiger partial charge in [0.2, 0.25) is 0 Å². The molecular weight excluding hydrogens is 228 g/mol. The summed E-state index contributed by atoms with van der Waals surface area (Å²) in [5, 5.41) is 9.80. The second-order valence-electron chi connectivity index (χ2n) is 4.73. The van der Waals surface area contributed by atoms with Gasteiger partial charge in [-0.15, -0.1) is 0 Å². The van der Waals surface area contributed by atoms with Crippen LogP contribution in [0.3, 0.4) is 0 Å². The molecule has 1 aromatic rings. The average Bonchev–Trinajstić information content (AvgIpc) is 2.74. The molecule has 84 valence electrons. The highest BCUT2D eigenvalue weighted by molar-refractivity contribution is 6.30. The Hall–Kier alpha value is -1.06. The Kier molecular flexibility index (Phi) is 1.89. The number of halogens is 1. The minimum Gasteiger partial charge on any atom is -0.481 e. The fraction of sp³-hybridized carbons (Fsp3) is 0.417. The molecular formula is C12H11ClO3. The predicted molar refractivity (Wildman–Crippen MR) is 58.4 cm³/mol. The molecule has 1 aliphatic carbocycles. The molecule has 2 heterocycles. The minimum absolute atomic E-state index is 0.324. The van der Waals surface area contributed by atoms with Crippen LogP contribution in [-0.4, -0.2) is 17.7 Å². The fourth-order valence-corrected chi connectivity index (χ4v) is 2.90. The number of carbonyl (C=O) groups is 1. The third-order valence-electron chi connectivity index (χ3n) is 3.70. The zero-order chi connectivity index (χ0) is 11.4. The Labute approximate surface area is 98.0 Å². The first-order valence-corrected chi connectivity index (χ1v) is 5.58. The Morgan fingerprint density at radius 3 is 2.44 bits per heavy atom. The Bertz CT molecular complexity index is 446. The van der Waals surface area contributed by atoms with Crippen LogP contribution in [0.25, 0.3) is 0 Å². The van der Waals surface area contributed by atoms with Crippen molar-refractivity contribution in [1.29, 1.82) is 0 Å². The predicted octanol–water partition coefficient (Wildman–Crippen LogP) is 2.43. The van der Waals surface area contributed by atoms with Crippen molar-refractivity contribution in [2.75, 3.05) is 6.61 Å². The lowest BCUT2D eigenvalue weighted by molar-refractivity contribution is -0.154. The SMILES string of the molecule is O=C(O)C12COC(c3ccc(Cl)cc3)(C1)C2. The Balaban J connectivity index is 1.90. The lowest BCUT2D eigenvalue weighted by Crippen LogP contribution is -2.46. The van der Waals surface area contributed by atoms with Crippen LogP contribution in [0.5, 0.6) is 0 Å². The summed E-state index contributed by atoms with van der Waals surface area (Å²) in [5.74, 6) is -0.741. The van der Waals surface area contributed by atoms with E-state index in [0.717, 1.165) is 5.56 Å². The van der Waals surface area contributed by atoms with Crippen molar-refractivity contribution in [1.82, 2.24) is 0 Å². The number of carboxylic acids is 1. The number of carboxylic acid groups (broad SMARTS) is 1. The highest BCUT2D eigenvalue weighted by Crippen LogP contribution is 2.63. The maximum absolute atomic E-state index is 11.1. The van der Waals surface area contributed by atoms with Crippen LogP contribution in [0, 0.1) is 5.41 Å². The molecule has 2 aliphatic heterocycles. The van der Waals surface area contributed by atoms with Gasteiger partial charge in [-0.2, -0.15) is 0 Å². The van der Waals surface area contributed by atoms with Gasteiger partial charge in [-0.3, -0.25) is 4.79 Å². The van der Waals surface area contributed by atoms with Crippen LogP contribution in [0.15, 0.2) is 24.3 Å². The topological polar surface area (TPSA) is 46.5 Å². The quantitative estimate of drug-likeness (QED) is 0.861. The van der Waals surface area contributed by atoms with Gasteiger partial charge in [0.15, 0.2) is 0 Å². The van der Waals surface area contributed by atoms with E-state index in [0.29, 0.717) is 24.5 Å². The van der Waals surface area contributed by atoms with Crippen LogP contribution < -0.4 is 0 Å². The molecule has 0 atom stereocenters. The van der Waals surface area contributed by atoms with Crippen molar-refractivity contribution in [3.05, 3.63) is 34.9 Å². The van der Waals surface area contributed by atoms with E-state index in [-0.39, 0.29) is 5.60 Å². The standard InChI is InChI=1S/C12H11ClO3/c13-9-3-1-8(2-4-9)12-5-11(6-12,7-16-12)10(14)15/h1-4H,5-7H2,(H,14,15). The van der Waals surface area contributed by atoms with E-state index in [2.05, 4.69) is 0 Å². The van der Waals surface area contributed by atoms with Gasteiger partial charge in [0.1, 0.15) is 0 Å². The van der Waals surface area contributed by atoms with E-state index in [1.807, 2.05) is 24.3 Å². The number of hydrogen-bond donors (Lipinski definition) is 1. The molecule has 3 fully saturated rings. The van der Waals surface area contributed by atoms with E-state index < -0.39 is 11.4 Å². The van der Waals surface area contributed by atoms with Crippen LogP contribution in [0.1, 0.15) is 18.4 Å². The molecule has 2 saturated heterocycles. The Morgan fingerprint density at radius 2 is 1.94 bits per heavy atom. The van der Waals surface area contributed by atoms with Gasteiger partial charge in [0, 0.05) is 5.02 Å². The van der Waals surface area contributed by atoms with E-state index >= 15 is 0 Å². The summed E-state index contributed by atoms with van der Waals surface area (Å²) in [6.07, 6.45) is 1.16. The third kappa shape index (κ3) is 1.16. The zero-order valence-corrected chi connectivity index (χ0v) is 9.33. The molecule has 0 radical (unpaired) electrons. The summed E-state index contributed by atoms with van der Waals surface area (Å²) >= 11 is 5.82. The molecule has 1 saturated carbocycles. The Morgan fingerprint density at radius 1 is 1.31 bits per heavy atom. The van der Waals surface area contributed by atoms with E-state index in [9.17, 15) is 4.79 Å². The molecule has 4 rings (SSSR count). The molecule has 1 N–H and O–H groups in total. The summed E-state index contributed by atoms with van der Waals surface area (Å²) < 4.78 is 5.68. The van der Waals surface area contributed by atoms with Gasteiger partial charge >= 0.3 is 5.97 Å². The second kappa shape index (κ2) is 2.99. The number of aliphatic carboxylic acids is 1. The maximum Gasteiger partial charge on any atom is 0.312 e. The monoisotopic (exact) mass is 238 g/mol. The van der Waals surface area contributed by atoms with Crippen LogP contribution in [0.2, 0.25) is 5.02 Å². The van der Waals surface area contributed by atoms with Gasteiger partial charge in [-0.25, -0.2) is 0 Å². The number of fused-ring (bicyclic) bond motifs is 1. The van der Waals surface area contributed by atoms with Crippen LogP contribution >= 0.6 is 11.6 Å². The minimum atomic E-state index is -0.741. The first kappa shape index (κ1) is 10.1. The molecule has 0 amide bonds. The molecule has 16 heavy (non-hydrogen) atoms. The van der Waals surface area contributed by atoms with Crippen molar-refractivity contribution in [2.24, 2.45) is 5.41 Å². The summed E-state index contributed by atoms with van der Waals surface area (Å²) in [5.41, 5.74) is 0.0223. The first-order valence-electron chi connectivity index (χ1n) is 5.20. The normalized spacial score (nSPS) is 35.8. The zero-order valence-electron chi connectivity index (χ0n) is 8.57. The van der Waals surface area contributed by atoms with Gasteiger partial charge in [-0.1, -0.05) is 23.7 Å². The van der Waals surface area contributed by atoms with Crippen molar-refractivity contribution in [3.63, 3.8) is 0 Å². The van der Waals surface area contributed by atoms with Crippen molar-refractivity contribution in [2.45, 2.75) is 18.4 Å². The van der Waals surface area contributed by atoms with Gasteiger partial charge < -0.3 is 9.84 Å². The number of rotatable bonds is 2. The third-order valence-corrected chi connectivity index (χ3v) is 3.95. The molecule has 0 spiro atoms. The van der Waals surface area contributed by atoms with E-state index in [1.165, 1.54) is 0 Å². The van der Waals surface area contributed by atoms with E-state index in [4.69, 9.17) is 21.4 Å². The van der Waals surface area contributed by atoms with Gasteiger partial charge in [0.05, 0.1) is 17.6 Å². The first-order chi connectivity index (χ1) is 7.56. The molecule has 3 aliphatic rings.